The van der Waals surface area contributed by atoms with E-state index in [4.69, 9.17) is 13.3 Å². The Hall–Kier alpha value is 0.708. The Morgan fingerprint density at radius 2 is 2.00 bits per heavy atom. The molecule has 0 fully saturated rings. The second-order valence-corrected chi connectivity index (χ2v) is 15.8. The Kier molecular flexibility index (Phi) is 11.1. The van der Waals surface area contributed by atoms with Crippen LogP contribution in [-0.4, -0.2) is 52.4 Å². The van der Waals surface area contributed by atoms with E-state index >= 15 is 0 Å². The zero-order valence-electron chi connectivity index (χ0n) is 11.0. The summed E-state index contributed by atoms with van der Waals surface area (Å²) in [6.07, 6.45) is 3.34. The van der Waals surface area contributed by atoms with Crippen LogP contribution in [0.3, 0.4) is 0 Å². The first-order valence-electron chi connectivity index (χ1n) is 6.16. The molecule has 8 heteroatoms. The summed E-state index contributed by atoms with van der Waals surface area (Å²) in [5.41, 5.74) is 0. The summed E-state index contributed by atoms with van der Waals surface area (Å²) in [5, 5.41) is 0. The fraction of sp³-hybridized carbons (Fsp3) is 1.00. The molecule has 0 aromatic carbocycles. The first-order valence-corrected chi connectivity index (χ1v) is 14.0. The molecule has 4 nitrogen and oxygen atoms in total. The van der Waals surface area contributed by atoms with Gasteiger partial charge in [0.1, 0.15) is 0 Å². The van der Waals surface area contributed by atoms with Gasteiger partial charge in [0, 0.05) is 6.61 Å². The molecular formula is C9H24O4Si4. The molecule has 2 N–H and O–H groups in total. The SMILES string of the molecule is CCC[Si](C)(CCCCO[Si]O[SiH](C)O)[Si]O. The maximum Gasteiger partial charge on any atom is 0.423 e. The van der Waals surface area contributed by atoms with Crippen molar-refractivity contribution in [3.8, 4) is 0 Å². The second kappa shape index (κ2) is 10.6. The van der Waals surface area contributed by atoms with Crippen LogP contribution in [0.4, 0.5) is 0 Å². The van der Waals surface area contributed by atoms with Crippen molar-refractivity contribution in [3.05, 3.63) is 0 Å². The van der Waals surface area contributed by atoms with E-state index in [1.807, 2.05) is 0 Å². The van der Waals surface area contributed by atoms with E-state index in [0.717, 1.165) is 12.8 Å². The lowest BCUT2D eigenvalue weighted by Gasteiger charge is -2.22. The van der Waals surface area contributed by atoms with Crippen LogP contribution in [-0.2, 0) is 8.54 Å². The Morgan fingerprint density at radius 1 is 1.29 bits per heavy atom. The molecule has 17 heavy (non-hydrogen) atoms. The van der Waals surface area contributed by atoms with Crippen molar-refractivity contribution in [1.82, 2.24) is 0 Å². The summed E-state index contributed by atoms with van der Waals surface area (Å²) in [6, 6.07) is 2.41. The lowest BCUT2D eigenvalue weighted by atomic mass is 10.4. The fourth-order valence-corrected chi connectivity index (χ4v) is 7.24. The van der Waals surface area contributed by atoms with Crippen molar-refractivity contribution >= 4 is 36.2 Å². The summed E-state index contributed by atoms with van der Waals surface area (Å²) in [6.45, 7) is 6.89. The fourth-order valence-electron chi connectivity index (χ4n) is 1.62. The molecule has 100 valence electrons. The van der Waals surface area contributed by atoms with E-state index in [1.54, 1.807) is 6.55 Å². The minimum atomic E-state index is -1.91. The van der Waals surface area contributed by atoms with Crippen LogP contribution < -0.4 is 0 Å². The maximum atomic E-state index is 9.43. The minimum Gasteiger partial charge on any atom is -0.435 e. The highest BCUT2D eigenvalue weighted by Gasteiger charge is 2.25. The smallest absolute Gasteiger partial charge is 0.423 e. The van der Waals surface area contributed by atoms with Crippen molar-refractivity contribution in [1.29, 1.82) is 0 Å². The van der Waals surface area contributed by atoms with Gasteiger partial charge >= 0.3 is 19.3 Å². The molecule has 0 aliphatic carbocycles. The van der Waals surface area contributed by atoms with Gasteiger partial charge in [0.15, 0.2) is 0 Å². The van der Waals surface area contributed by atoms with Gasteiger partial charge in [0.2, 0.25) is 9.28 Å². The van der Waals surface area contributed by atoms with Crippen molar-refractivity contribution in [2.75, 3.05) is 6.61 Å². The molecule has 0 spiro atoms. The van der Waals surface area contributed by atoms with Gasteiger partial charge in [-0.15, -0.1) is 0 Å². The Morgan fingerprint density at radius 3 is 2.53 bits per heavy atom. The molecule has 0 aliphatic rings. The molecule has 4 radical (unpaired) electrons. The molecule has 0 saturated heterocycles. The third-order valence-corrected chi connectivity index (χ3v) is 11.4. The van der Waals surface area contributed by atoms with Gasteiger partial charge in [0.25, 0.3) is 0 Å². The molecule has 0 aromatic heterocycles. The topological polar surface area (TPSA) is 58.9 Å². The highest BCUT2D eigenvalue weighted by atomic mass is 29.2. The van der Waals surface area contributed by atoms with Gasteiger partial charge in [-0.05, 0) is 13.0 Å². The van der Waals surface area contributed by atoms with Gasteiger partial charge in [0.05, 0.1) is 7.59 Å². The molecule has 0 bridgehead atoms. The number of unbranched alkanes of at least 4 members (excludes halogenated alkanes) is 1. The van der Waals surface area contributed by atoms with Crippen LogP contribution in [0.15, 0.2) is 0 Å². The average Bonchev–Trinajstić information content (AvgIpc) is 2.28. The summed E-state index contributed by atoms with van der Waals surface area (Å²) in [4.78, 5) is 18.4. The Labute approximate surface area is 112 Å². The van der Waals surface area contributed by atoms with Crippen LogP contribution in [0.2, 0.25) is 25.2 Å². The zero-order chi connectivity index (χ0) is 13.1. The van der Waals surface area contributed by atoms with E-state index < -0.39 is 16.9 Å². The standard InChI is InChI=1S/C9H24O4Si4/c1-4-8-17(3,14-10)9-6-5-7-12-15-13-16(2)11/h10-11,16H,4-9H2,1-3H3. The third kappa shape index (κ3) is 10.3. The molecule has 2 atom stereocenters. The molecule has 2 unspecified atom stereocenters. The van der Waals surface area contributed by atoms with Crippen molar-refractivity contribution in [2.45, 2.75) is 51.4 Å². The minimum absolute atomic E-state index is 0.0135. The van der Waals surface area contributed by atoms with Crippen LogP contribution in [0.25, 0.3) is 0 Å². The van der Waals surface area contributed by atoms with Crippen molar-refractivity contribution < 1.29 is 18.1 Å². The molecule has 0 saturated carbocycles. The molecule has 0 heterocycles. The maximum absolute atomic E-state index is 9.43. The second-order valence-electron chi connectivity index (χ2n) is 4.53. The number of rotatable bonds is 11. The van der Waals surface area contributed by atoms with Gasteiger partial charge in [-0.1, -0.05) is 38.4 Å². The van der Waals surface area contributed by atoms with Crippen LogP contribution in [0.5, 0.6) is 0 Å². The lowest BCUT2D eigenvalue weighted by molar-refractivity contribution is 0.271. The molecule has 0 aromatic rings. The quantitative estimate of drug-likeness (QED) is 0.437. The lowest BCUT2D eigenvalue weighted by Crippen LogP contribution is -2.38. The predicted octanol–water partition coefficient (Wildman–Crippen LogP) is 0.773. The predicted molar refractivity (Wildman–Crippen MR) is 76.8 cm³/mol. The van der Waals surface area contributed by atoms with E-state index in [0.29, 0.717) is 6.61 Å². The van der Waals surface area contributed by atoms with E-state index in [-0.39, 0.29) is 19.3 Å². The van der Waals surface area contributed by atoms with E-state index in [2.05, 4.69) is 13.5 Å². The third-order valence-electron chi connectivity index (χ3n) is 2.57. The number of hydrogen-bond donors (Lipinski definition) is 2. The van der Waals surface area contributed by atoms with Gasteiger partial charge in [-0.25, -0.2) is 0 Å². The number of hydrogen-bond acceptors (Lipinski definition) is 4. The van der Waals surface area contributed by atoms with Crippen molar-refractivity contribution in [2.24, 2.45) is 0 Å². The van der Waals surface area contributed by atoms with Crippen LogP contribution in [0.1, 0.15) is 26.2 Å². The monoisotopic (exact) mass is 308 g/mol. The van der Waals surface area contributed by atoms with Gasteiger partial charge in [-0.2, -0.15) is 0 Å². The average molecular weight is 309 g/mol. The molecular weight excluding hydrogens is 284 g/mol. The van der Waals surface area contributed by atoms with Crippen molar-refractivity contribution in [3.63, 3.8) is 0 Å². The highest BCUT2D eigenvalue weighted by molar-refractivity contribution is 7.21. The van der Waals surface area contributed by atoms with Crippen LogP contribution >= 0.6 is 0 Å². The highest BCUT2D eigenvalue weighted by Crippen LogP contribution is 2.18. The van der Waals surface area contributed by atoms with Gasteiger partial charge in [-0.3, -0.25) is 0 Å². The summed E-state index contributed by atoms with van der Waals surface area (Å²) >= 11 is 0. The molecule has 0 rings (SSSR count). The summed E-state index contributed by atoms with van der Waals surface area (Å²) < 4.78 is 10.3. The van der Waals surface area contributed by atoms with Gasteiger partial charge < -0.3 is 18.1 Å². The van der Waals surface area contributed by atoms with E-state index in [9.17, 15) is 4.80 Å². The Balaban J connectivity index is 3.43. The largest absolute Gasteiger partial charge is 0.435 e. The summed E-state index contributed by atoms with van der Waals surface area (Å²) in [7, 11) is -3.10. The van der Waals surface area contributed by atoms with Crippen LogP contribution in [0, 0.1) is 0 Å². The first kappa shape index (κ1) is 17.7. The first-order chi connectivity index (χ1) is 8.04. The Bertz CT molecular complexity index is 184. The molecule has 0 amide bonds. The molecule has 0 aliphatic heterocycles. The van der Waals surface area contributed by atoms with E-state index in [1.165, 1.54) is 18.5 Å². The zero-order valence-corrected chi connectivity index (χ0v) is 15.2. The summed E-state index contributed by atoms with van der Waals surface area (Å²) in [5.74, 6) is 0. The normalized spacial score (nSPS) is 16.8.